The van der Waals surface area contributed by atoms with Crippen molar-refractivity contribution in [2.24, 2.45) is 11.7 Å². The van der Waals surface area contributed by atoms with Gasteiger partial charge in [-0.3, -0.25) is 4.79 Å². The van der Waals surface area contributed by atoms with Gasteiger partial charge in [-0.05, 0) is 62.3 Å². The van der Waals surface area contributed by atoms with Gasteiger partial charge in [-0.15, -0.1) is 0 Å². The van der Waals surface area contributed by atoms with Crippen molar-refractivity contribution in [1.29, 1.82) is 0 Å². The average Bonchev–Trinajstić information content (AvgIpc) is 2.69. The van der Waals surface area contributed by atoms with Gasteiger partial charge in [-0.2, -0.15) is 0 Å². The molecule has 6 nitrogen and oxygen atoms in total. The van der Waals surface area contributed by atoms with Crippen molar-refractivity contribution in [3.8, 4) is 5.75 Å². The number of hydrogen-bond acceptors (Lipinski definition) is 5. The second kappa shape index (κ2) is 8.95. The van der Waals surface area contributed by atoms with Crippen LogP contribution in [0.15, 0.2) is 48.5 Å². The molecule has 29 heavy (non-hydrogen) atoms. The first-order valence-electron chi connectivity index (χ1n) is 10.1. The molecule has 0 radical (unpaired) electrons. The molecule has 0 saturated carbocycles. The van der Waals surface area contributed by atoms with E-state index in [9.17, 15) is 15.0 Å². The molecule has 2 unspecified atom stereocenters. The standard InChI is InChI=1S/C23H31N3O3/c1-25(2)15-20-16-26(12-10-17-6-8-21(27)9-7-17)13-11-23(20,29)19-5-3-4-18(14-19)22(24)28/h3-9,14,20,27,29H,10-13,15-16H2,1-2H3,(H2,24,28). The van der Waals surface area contributed by atoms with E-state index in [0.29, 0.717) is 12.0 Å². The molecular formula is C23H31N3O3. The van der Waals surface area contributed by atoms with Crippen molar-refractivity contribution >= 4 is 5.91 Å². The number of phenols is 1. The van der Waals surface area contributed by atoms with Gasteiger partial charge in [0, 0.05) is 37.7 Å². The first-order chi connectivity index (χ1) is 13.8. The molecule has 156 valence electrons. The van der Waals surface area contributed by atoms with Crippen LogP contribution in [0.5, 0.6) is 5.75 Å². The fourth-order valence-electron chi connectivity index (χ4n) is 4.21. The van der Waals surface area contributed by atoms with Crippen LogP contribution < -0.4 is 5.73 Å². The molecule has 1 saturated heterocycles. The molecule has 1 fully saturated rings. The third-order valence-corrected chi connectivity index (χ3v) is 5.85. The molecule has 0 aromatic heterocycles. The molecule has 1 heterocycles. The van der Waals surface area contributed by atoms with Crippen molar-refractivity contribution in [3.05, 3.63) is 65.2 Å². The van der Waals surface area contributed by atoms with Crippen molar-refractivity contribution in [2.45, 2.75) is 18.4 Å². The topological polar surface area (TPSA) is 90.0 Å². The Kier molecular flexibility index (Phi) is 6.57. The van der Waals surface area contributed by atoms with Gasteiger partial charge in [-0.25, -0.2) is 0 Å². The maximum atomic E-state index is 11.7. The fraction of sp³-hybridized carbons (Fsp3) is 0.435. The lowest BCUT2D eigenvalue weighted by Crippen LogP contribution is -2.53. The Labute approximate surface area is 172 Å². The van der Waals surface area contributed by atoms with Crippen molar-refractivity contribution in [2.75, 3.05) is 40.3 Å². The highest BCUT2D eigenvalue weighted by Crippen LogP contribution is 2.38. The maximum Gasteiger partial charge on any atom is 0.248 e. The Bertz CT molecular complexity index is 838. The molecule has 1 aliphatic rings. The largest absolute Gasteiger partial charge is 0.508 e. The zero-order valence-electron chi connectivity index (χ0n) is 17.2. The number of carbonyl (C=O) groups excluding carboxylic acids is 1. The molecule has 0 aliphatic carbocycles. The van der Waals surface area contributed by atoms with Gasteiger partial charge < -0.3 is 25.7 Å². The molecule has 2 atom stereocenters. The molecule has 0 bridgehead atoms. The van der Waals surface area contributed by atoms with E-state index in [1.807, 2.05) is 32.3 Å². The number of nitrogens with zero attached hydrogens (tertiary/aromatic N) is 2. The lowest BCUT2D eigenvalue weighted by molar-refractivity contribution is -0.0843. The van der Waals surface area contributed by atoms with E-state index in [2.05, 4.69) is 9.80 Å². The first-order valence-corrected chi connectivity index (χ1v) is 10.1. The van der Waals surface area contributed by atoms with E-state index < -0.39 is 11.5 Å². The van der Waals surface area contributed by atoms with Crippen LogP contribution in [0.4, 0.5) is 0 Å². The zero-order valence-corrected chi connectivity index (χ0v) is 17.2. The Hall–Kier alpha value is -2.41. The number of likely N-dealkylation sites (tertiary alicyclic amines) is 1. The third kappa shape index (κ3) is 5.15. The maximum absolute atomic E-state index is 11.7. The van der Waals surface area contributed by atoms with Crippen LogP contribution >= 0.6 is 0 Å². The van der Waals surface area contributed by atoms with E-state index in [4.69, 9.17) is 5.73 Å². The number of carbonyl (C=O) groups is 1. The number of piperidine rings is 1. The van der Waals surface area contributed by atoms with Gasteiger partial charge in [-0.1, -0.05) is 24.3 Å². The molecule has 2 aromatic rings. The third-order valence-electron chi connectivity index (χ3n) is 5.85. The number of rotatable bonds is 7. The summed E-state index contributed by atoms with van der Waals surface area (Å²) < 4.78 is 0. The summed E-state index contributed by atoms with van der Waals surface area (Å²) in [5.41, 5.74) is 6.82. The number of nitrogens with two attached hydrogens (primary N) is 1. The fourth-order valence-corrected chi connectivity index (χ4v) is 4.21. The van der Waals surface area contributed by atoms with Crippen LogP contribution in [0.1, 0.15) is 27.9 Å². The van der Waals surface area contributed by atoms with Crippen LogP contribution in [-0.2, 0) is 12.0 Å². The predicted octanol–water partition coefficient (Wildman–Crippen LogP) is 1.80. The number of hydrogen-bond donors (Lipinski definition) is 3. The summed E-state index contributed by atoms with van der Waals surface area (Å²) in [5.74, 6) is -0.193. The highest BCUT2D eigenvalue weighted by molar-refractivity contribution is 5.92. The minimum absolute atomic E-state index is 0.00851. The summed E-state index contributed by atoms with van der Waals surface area (Å²) in [6, 6.07) is 14.4. The molecule has 6 heteroatoms. The van der Waals surface area contributed by atoms with E-state index in [-0.39, 0.29) is 11.7 Å². The van der Waals surface area contributed by atoms with Gasteiger partial charge in [0.1, 0.15) is 5.75 Å². The van der Waals surface area contributed by atoms with E-state index >= 15 is 0 Å². The molecule has 0 spiro atoms. The lowest BCUT2D eigenvalue weighted by atomic mass is 9.75. The molecule has 4 N–H and O–H groups in total. The van der Waals surface area contributed by atoms with E-state index in [1.165, 1.54) is 5.56 Å². The van der Waals surface area contributed by atoms with Crippen molar-refractivity contribution in [1.82, 2.24) is 9.80 Å². The van der Waals surface area contributed by atoms with Gasteiger partial charge in [0.15, 0.2) is 0 Å². The number of amides is 1. The zero-order chi connectivity index (χ0) is 21.0. The summed E-state index contributed by atoms with van der Waals surface area (Å²) in [6.07, 6.45) is 1.49. The normalized spacial score (nSPS) is 22.7. The number of primary amides is 1. The first kappa shape index (κ1) is 21.3. The second-order valence-electron chi connectivity index (χ2n) is 8.30. The summed E-state index contributed by atoms with van der Waals surface area (Å²) >= 11 is 0. The van der Waals surface area contributed by atoms with Crippen LogP contribution in [0.25, 0.3) is 0 Å². The summed E-state index contributed by atoms with van der Waals surface area (Å²) in [7, 11) is 4.02. The number of aliphatic hydroxyl groups is 1. The summed E-state index contributed by atoms with van der Waals surface area (Å²) in [5, 5.41) is 21.1. The molecule has 2 aromatic carbocycles. The highest BCUT2D eigenvalue weighted by atomic mass is 16.3. The number of aromatic hydroxyl groups is 1. The molecule has 1 amide bonds. The quantitative estimate of drug-likeness (QED) is 0.663. The number of benzene rings is 2. The molecule has 3 rings (SSSR count). The molecular weight excluding hydrogens is 366 g/mol. The van der Waals surface area contributed by atoms with Crippen molar-refractivity contribution in [3.63, 3.8) is 0 Å². The van der Waals surface area contributed by atoms with Gasteiger partial charge >= 0.3 is 0 Å². The van der Waals surface area contributed by atoms with E-state index in [0.717, 1.165) is 38.2 Å². The summed E-state index contributed by atoms with van der Waals surface area (Å²) in [4.78, 5) is 16.1. The lowest BCUT2D eigenvalue weighted by Gasteiger charge is -2.46. The second-order valence-corrected chi connectivity index (χ2v) is 8.30. The Morgan fingerprint density at radius 2 is 1.97 bits per heavy atom. The monoisotopic (exact) mass is 397 g/mol. The minimum atomic E-state index is -0.995. The Morgan fingerprint density at radius 1 is 1.24 bits per heavy atom. The van der Waals surface area contributed by atoms with Crippen LogP contribution in [0.3, 0.4) is 0 Å². The van der Waals surface area contributed by atoms with Crippen LogP contribution in [0.2, 0.25) is 0 Å². The van der Waals surface area contributed by atoms with Gasteiger partial charge in [0.05, 0.1) is 5.60 Å². The average molecular weight is 398 g/mol. The van der Waals surface area contributed by atoms with Crippen LogP contribution in [0, 0.1) is 5.92 Å². The Balaban J connectivity index is 1.75. The van der Waals surface area contributed by atoms with Crippen molar-refractivity contribution < 1.29 is 15.0 Å². The molecule has 1 aliphatic heterocycles. The van der Waals surface area contributed by atoms with Crippen LogP contribution in [-0.4, -0.2) is 66.2 Å². The minimum Gasteiger partial charge on any atom is -0.508 e. The van der Waals surface area contributed by atoms with Gasteiger partial charge in [0.2, 0.25) is 5.91 Å². The summed E-state index contributed by atoms with van der Waals surface area (Å²) in [6.45, 7) is 3.19. The highest BCUT2D eigenvalue weighted by Gasteiger charge is 2.43. The Morgan fingerprint density at radius 3 is 2.62 bits per heavy atom. The van der Waals surface area contributed by atoms with E-state index in [1.54, 1.807) is 30.3 Å². The SMILES string of the molecule is CN(C)CC1CN(CCc2ccc(O)cc2)CCC1(O)c1cccc(C(N)=O)c1. The predicted molar refractivity (Wildman–Crippen MR) is 114 cm³/mol. The van der Waals surface area contributed by atoms with Gasteiger partial charge in [0.25, 0.3) is 0 Å². The number of phenolic OH excluding ortho intramolecular Hbond substituents is 1. The smallest absolute Gasteiger partial charge is 0.248 e.